The molecule has 0 saturated carbocycles. The zero-order valence-corrected chi connectivity index (χ0v) is 13.9. The van der Waals surface area contributed by atoms with Gasteiger partial charge >= 0.3 is 0 Å². The van der Waals surface area contributed by atoms with E-state index in [-0.39, 0.29) is 6.04 Å². The minimum atomic E-state index is 0.213. The molecular formula is C23H21N. The second kappa shape index (κ2) is 6.45. The molecule has 4 rings (SSSR count). The third-order valence-corrected chi connectivity index (χ3v) is 4.69. The van der Waals surface area contributed by atoms with Crippen molar-refractivity contribution in [1.29, 1.82) is 0 Å². The molecule has 0 N–H and O–H groups in total. The summed E-state index contributed by atoms with van der Waals surface area (Å²) in [5.74, 6) is 0. The zero-order chi connectivity index (χ0) is 16.4. The number of hydrogen-bond donors (Lipinski definition) is 0. The molecule has 118 valence electrons. The Labute approximate surface area is 143 Å². The van der Waals surface area contributed by atoms with Crippen LogP contribution in [-0.2, 0) is 0 Å². The van der Waals surface area contributed by atoms with Crippen molar-refractivity contribution in [3.63, 3.8) is 0 Å². The SMILES string of the molecule is CCC[C@H](N=C1c2ccccc2-c2ccccc21)c1ccccc1. The fraction of sp³-hybridized carbons (Fsp3) is 0.174. The lowest BCUT2D eigenvalue weighted by Crippen LogP contribution is -2.04. The Kier molecular flexibility index (Phi) is 4.00. The second-order valence-electron chi connectivity index (χ2n) is 6.28. The van der Waals surface area contributed by atoms with Gasteiger partial charge in [0.15, 0.2) is 0 Å². The summed E-state index contributed by atoms with van der Waals surface area (Å²) in [6.07, 6.45) is 2.19. The predicted molar refractivity (Wildman–Crippen MR) is 102 cm³/mol. The van der Waals surface area contributed by atoms with Crippen molar-refractivity contribution in [1.82, 2.24) is 0 Å². The first kappa shape index (κ1) is 14.9. The van der Waals surface area contributed by atoms with E-state index < -0.39 is 0 Å². The molecule has 1 atom stereocenters. The van der Waals surface area contributed by atoms with E-state index in [2.05, 4.69) is 85.8 Å². The molecule has 3 aromatic carbocycles. The molecule has 0 spiro atoms. The summed E-state index contributed by atoms with van der Waals surface area (Å²) in [4.78, 5) is 5.23. The topological polar surface area (TPSA) is 12.4 Å². The molecule has 1 nitrogen and oxygen atoms in total. The highest BCUT2D eigenvalue weighted by Crippen LogP contribution is 2.38. The maximum atomic E-state index is 5.23. The molecule has 0 unspecified atom stereocenters. The lowest BCUT2D eigenvalue weighted by Gasteiger charge is -2.14. The van der Waals surface area contributed by atoms with Crippen molar-refractivity contribution >= 4 is 5.71 Å². The van der Waals surface area contributed by atoms with Crippen LogP contribution in [-0.4, -0.2) is 5.71 Å². The molecule has 3 aromatic rings. The smallest absolute Gasteiger partial charge is 0.0756 e. The van der Waals surface area contributed by atoms with Gasteiger partial charge in [-0.25, -0.2) is 0 Å². The van der Waals surface area contributed by atoms with Gasteiger partial charge in [0, 0.05) is 11.1 Å². The molecule has 0 fully saturated rings. The Balaban J connectivity index is 1.86. The quantitative estimate of drug-likeness (QED) is 0.435. The van der Waals surface area contributed by atoms with E-state index in [9.17, 15) is 0 Å². The Morgan fingerprint density at radius 1 is 0.667 bits per heavy atom. The van der Waals surface area contributed by atoms with Gasteiger partial charge in [-0.05, 0) is 23.1 Å². The Morgan fingerprint density at radius 3 is 1.71 bits per heavy atom. The number of rotatable bonds is 4. The lowest BCUT2D eigenvalue weighted by atomic mass is 10.0. The van der Waals surface area contributed by atoms with Crippen molar-refractivity contribution < 1.29 is 0 Å². The van der Waals surface area contributed by atoms with Gasteiger partial charge in [0.2, 0.25) is 0 Å². The minimum Gasteiger partial charge on any atom is -0.276 e. The molecule has 1 aliphatic carbocycles. The Bertz CT molecular complexity index is 830. The maximum absolute atomic E-state index is 5.23. The van der Waals surface area contributed by atoms with Crippen molar-refractivity contribution in [2.75, 3.05) is 0 Å². The van der Waals surface area contributed by atoms with Crippen LogP contribution in [0.15, 0.2) is 83.9 Å². The maximum Gasteiger partial charge on any atom is 0.0756 e. The first-order valence-electron chi connectivity index (χ1n) is 8.70. The minimum absolute atomic E-state index is 0.213. The van der Waals surface area contributed by atoms with E-state index in [0.29, 0.717) is 0 Å². The lowest BCUT2D eigenvalue weighted by molar-refractivity contribution is 0.641. The zero-order valence-electron chi connectivity index (χ0n) is 13.9. The monoisotopic (exact) mass is 311 g/mol. The number of nitrogens with zero attached hydrogens (tertiary/aromatic N) is 1. The van der Waals surface area contributed by atoms with Gasteiger partial charge in [0.05, 0.1) is 11.8 Å². The van der Waals surface area contributed by atoms with Crippen molar-refractivity contribution in [2.45, 2.75) is 25.8 Å². The third-order valence-electron chi connectivity index (χ3n) is 4.69. The molecule has 0 heterocycles. The molecule has 1 heteroatoms. The van der Waals surface area contributed by atoms with E-state index in [0.717, 1.165) is 18.6 Å². The Hall–Kier alpha value is -2.67. The summed E-state index contributed by atoms with van der Waals surface area (Å²) in [6.45, 7) is 2.23. The van der Waals surface area contributed by atoms with E-state index in [1.54, 1.807) is 0 Å². The summed E-state index contributed by atoms with van der Waals surface area (Å²) >= 11 is 0. The average Bonchev–Trinajstić information content (AvgIpc) is 2.96. The van der Waals surface area contributed by atoms with E-state index in [1.807, 2.05) is 0 Å². The van der Waals surface area contributed by atoms with Crippen LogP contribution in [0.5, 0.6) is 0 Å². The van der Waals surface area contributed by atoms with E-state index >= 15 is 0 Å². The summed E-state index contributed by atoms with van der Waals surface area (Å²) in [5.41, 5.74) is 7.56. The van der Waals surface area contributed by atoms with Gasteiger partial charge in [0.1, 0.15) is 0 Å². The van der Waals surface area contributed by atoms with Crippen LogP contribution in [0.1, 0.15) is 42.5 Å². The van der Waals surface area contributed by atoms with Crippen molar-refractivity contribution in [2.24, 2.45) is 4.99 Å². The summed E-state index contributed by atoms with van der Waals surface area (Å²) in [6, 6.07) is 28.1. The van der Waals surface area contributed by atoms with Gasteiger partial charge < -0.3 is 0 Å². The van der Waals surface area contributed by atoms with Crippen LogP contribution in [0, 0.1) is 0 Å². The Morgan fingerprint density at radius 2 is 1.17 bits per heavy atom. The van der Waals surface area contributed by atoms with Crippen LogP contribution in [0.2, 0.25) is 0 Å². The molecule has 24 heavy (non-hydrogen) atoms. The fourth-order valence-electron chi connectivity index (χ4n) is 3.54. The second-order valence-corrected chi connectivity index (χ2v) is 6.28. The molecule has 0 bridgehead atoms. The molecule has 0 aliphatic heterocycles. The number of hydrogen-bond acceptors (Lipinski definition) is 1. The summed E-state index contributed by atoms with van der Waals surface area (Å²) in [5, 5.41) is 0. The molecule has 0 saturated heterocycles. The number of benzene rings is 3. The summed E-state index contributed by atoms with van der Waals surface area (Å²) < 4.78 is 0. The predicted octanol–water partition coefficient (Wildman–Crippen LogP) is 6.05. The number of fused-ring (bicyclic) bond motifs is 3. The van der Waals surface area contributed by atoms with Gasteiger partial charge in [-0.1, -0.05) is 92.2 Å². The third kappa shape index (κ3) is 2.56. The summed E-state index contributed by atoms with van der Waals surface area (Å²) in [7, 11) is 0. The van der Waals surface area contributed by atoms with Crippen LogP contribution in [0.4, 0.5) is 0 Å². The van der Waals surface area contributed by atoms with Gasteiger partial charge in [0.25, 0.3) is 0 Å². The van der Waals surface area contributed by atoms with Crippen molar-refractivity contribution in [3.8, 4) is 11.1 Å². The highest BCUT2D eigenvalue weighted by atomic mass is 14.8. The first-order chi connectivity index (χ1) is 11.9. The van der Waals surface area contributed by atoms with E-state index in [1.165, 1.54) is 27.8 Å². The van der Waals surface area contributed by atoms with Crippen LogP contribution in [0.25, 0.3) is 11.1 Å². The van der Waals surface area contributed by atoms with Crippen LogP contribution < -0.4 is 0 Å². The molecule has 0 aromatic heterocycles. The van der Waals surface area contributed by atoms with Gasteiger partial charge in [-0.15, -0.1) is 0 Å². The normalized spacial score (nSPS) is 13.3. The first-order valence-corrected chi connectivity index (χ1v) is 8.70. The molecule has 0 amide bonds. The average molecular weight is 311 g/mol. The van der Waals surface area contributed by atoms with E-state index in [4.69, 9.17) is 4.99 Å². The number of aliphatic imine (C=N–C) groups is 1. The van der Waals surface area contributed by atoms with Gasteiger partial charge in [-0.2, -0.15) is 0 Å². The highest BCUT2D eigenvalue weighted by molar-refractivity contribution is 6.24. The van der Waals surface area contributed by atoms with Crippen LogP contribution >= 0.6 is 0 Å². The van der Waals surface area contributed by atoms with Crippen LogP contribution in [0.3, 0.4) is 0 Å². The van der Waals surface area contributed by atoms with Gasteiger partial charge in [-0.3, -0.25) is 4.99 Å². The molecule has 1 aliphatic rings. The fourth-order valence-corrected chi connectivity index (χ4v) is 3.54. The van der Waals surface area contributed by atoms with Crippen molar-refractivity contribution in [3.05, 3.63) is 95.6 Å². The highest BCUT2D eigenvalue weighted by Gasteiger charge is 2.25. The standard InChI is InChI=1S/C23H21N/c1-2-10-22(17-11-4-3-5-12-17)24-23-20-15-8-6-13-18(20)19-14-7-9-16-21(19)23/h3-9,11-16,22H,2,10H2,1H3/t22-/m0/s1. The molecular weight excluding hydrogens is 290 g/mol. The molecule has 0 radical (unpaired) electrons. The largest absolute Gasteiger partial charge is 0.276 e.